The van der Waals surface area contributed by atoms with E-state index >= 15 is 0 Å². The van der Waals surface area contributed by atoms with Gasteiger partial charge in [0.05, 0.1) is 13.7 Å². The molecule has 0 bridgehead atoms. The first kappa shape index (κ1) is 8.49. The van der Waals surface area contributed by atoms with Gasteiger partial charge < -0.3 is 14.2 Å². The minimum absolute atomic E-state index is 0.237. The zero-order chi connectivity index (χ0) is 8.27. The molecule has 0 spiro atoms. The molecule has 1 fully saturated rings. The Labute approximate surface area is 65.4 Å². The van der Waals surface area contributed by atoms with E-state index in [1.165, 1.54) is 7.11 Å². The monoisotopic (exact) mass is 160 g/mol. The van der Waals surface area contributed by atoms with Gasteiger partial charge in [0.1, 0.15) is 0 Å². The van der Waals surface area contributed by atoms with Crippen molar-refractivity contribution >= 4 is 5.97 Å². The van der Waals surface area contributed by atoms with E-state index in [-0.39, 0.29) is 12.3 Å². The third-order valence-electron chi connectivity index (χ3n) is 1.55. The fourth-order valence-corrected chi connectivity index (χ4v) is 0.926. The number of methoxy groups -OCH3 is 1. The first-order chi connectivity index (χ1) is 5.27. The van der Waals surface area contributed by atoms with Gasteiger partial charge in [-0.15, -0.1) is 0 Å². The van der Waals surface area contributed by atoms with E-state index < -0.39 is 6.10 Å². The van der Waals surface area contributed by atoms with Gasteiger partial charge in [0.2, 0.25) is 0 Å². The van der Waals surface area contributed by atoms with Crippen molar-refractivity contribution in [2.45, 2.75) is 25.7 Å². The quantitative estimate of drug-likeness (QED) is 0.545. The summed E-state index contributed by atoms with van der Waals surface area (Å²) in [4.78, 5) is 10.8. The Morgan fingerprint density at radius 2 is 2.45 bits per heavy atom. The van der Waals surface area contributed by atoms with Gasteiger partial charge in [0.15, 0.2) is 12.4 Å². The van der Waals surface area contributed by atoms with Gasteiger partial charge in [-0.1, -0.05) is 6.92 Å². The fourth-order valence-electron chi connectivity index (χ4n) is 0.926. The van der Waals surface area contributed by atoms with Crippen LogP contribution in [-0.2, 0) is 19.0 Å². The standard InChI is InChI=1S/C7H12O4/c1-3-6-10-4-5(11-6)7(8)9-2/h5-6H,3-4H2,1-2H3/t5-,6-/m0/s1. The van der Waals surface area contributed by atoms with Crippen molar-refractivity contribution in [1.82, 2.24) is 0 Å². The summed E-state index contributed by atoms with van der Waals surface area (Å²) in [5.41, 5.74) is 0. The first-order valence-electron chi connectivity index (χ1n) is 3.62. The van der Waals surface area contributed by atoms with Crippen LogP contribution in [-0.4, -0.2) is 32.1 Å². The van der Waals surface area contributed by atoms with Crippen molar-refractivity contribution in [1.29, 1.82) is 0 Å². The normalized spacial score (nSPS) is 30.4. The Balaban J connectivity index is 2.35. The van der Waals surface area contributed by atoms with Crippen LogP contribution in [0.25, 0.3) is 0 Å². The van der Waals surface area contributed by atoms with Crippen molar-refractivity contribution < 1.29 is 19.0 Å². The fraction of sp³-hybridized carbons (Fsp3) is 0.857. The second-order valence-electron chi connectivity index (χ2n) is 2.32. The summed E-state index contributed by atoms with van der Waals surface area (Å²) in [5.74, 6) is -0.360. The maximum Gasteiger partial charge on any atom is 0.337 e. The van der Waals surface area contributed by atoms with Gasteiger partial charge >= 0.3 is 5.97 Å². The molecule has 64 valence electrons. The average molecular weight is 160 g/mol. The summed E-state index contributed by atoms with van der Waals surface area (Å²) in [6.45, 7) is 2.25. The van der Waals surface area contributed by atoms with Crippen molar-refractivity contribution in [3.8, 4) is 0 Å². The highest BCUT2D eigenvalue weighted by molar-refractivity contribution is 5.74. The number of esters is 1. The molecule has 2 atom stereocenters. The van der Waals surface area contributed by atoms with Crippen LogP contribution in [0.5, 0.6) is 0 Å². The molecule has 0 unspecified atom stereocenters. The Kier molecular flexibility index (Phi) is 2.84. The highest BCUT2D eigenvalue weighted by Crippen LogP contribution is 2.14. The molecule has 0 amide bonds. The molecule has 1 aliphatic rings. The molecule has 0 radical (unpaired) electrons. The minimum Gasteiger partial charge on any atom is -0.467 e. The highest BCUT2D eigenvalue weighted by Gasteiger charge is 2.30. The average Bonchev–Trinajstić information content (AvgIpc) is 2.50. The predicted octanol–water partition coefficient (Wildman–Crippen LogP) is 0.311. The SMILES string of the molecule is CC[C@H]1OC[C@@H](C(=O)OC)O1. The third kappa shape index (κ3) is 1.91. The molecule has 0 aromatic heterocycles. The van der Waals surface area contributed by atoms with Gasteiger partial charge in [0, 0.05) is 0 Å². The summed E-state index contributed by atoms with van der Waals surface area (Å²) in [6, 6.07) is 0. The number of hydrogen-bond donors (Lipinski definition) is 0. The highest BCUT2D eigenvalue weighted by atomic mass is 16.7. The number of hydrogen-bond acceptors (Lipinski definition) is 4. The molecule has 0 aliphatic carbocycles. The molecule has 1 aliphatic heterocycles. The smallest absolute Gasteiger partial charge is 0.337 e. The largest absolute Gasteiger partial charge is 0.467 e. The predicted molar refractivity (Wildman–Crippen MR) is 36.9 cm³/mol. The molecule has 4 nitrogen and oxygen atoms in total. The lowest BCUT2D eigenvalue weighted by molar-refractivity contribution is -0.154. The lowest BCUT2D eigenvalue weighted by Crippen LogP contribution is -2.24. The van der Waals surface area contributed by atoms with Gasteiger partial charge in [0.25, 0.3) is 0 Å². The molecule has 4 heteroatoms. The van der Waals surface area contributed by atoms with Crippen LogP contribution in [0.15, 0.2) is 0 Å². The van der Waals surface area contributed by atoms with Gasteiger partial charge in [-0.2, -0.15) is 0 Å². The van der Waals surface area contributed by atoms with Gasteiger partial charge in [-0.3, -0.25) is 0 Å². The van der Waals surface area contributed by atoms with Gasteiger partial charge in [-0.25, -0.2) is 4.79 Å². The van der Waals surface area contributed by atoms with Gasteiger partial charge in [-0.05, 0) is 6.42 Å². The zero-order valence-corrected chi connectivity index (χ0v) is 6.70. The third-order valence-corrected chi connectivity index (χ3v) is 1.55. The van der Waals surface area contributed by atoms with Crippen LogP contribution in [0.2, 0.25) is 0 Å². The van der Waals surface area contributed by atoms with E-state index in [0.29, 0.717) is 6.61 Å². The zero-order valence-electron chi connectivity index (χ0n) is 6.70. The maximum atomic E-state index is 10.8. The Morgan fingerprint density at radius 3 is 2.91 bits per heavy atom. The molecule has 1 rings (SSSR count). The Bertz CT molecular complexity index is 145. The van der Waals surface area contributed by atoms with E-state index in [9.17, 15) is 4.79 Å². The summed E-state index contributed by atoms with van der Waals surface area (Å²) in [6.07, 6.45) is -0.00270. The minimum atomic E-state index is -0.523. The second kappa shape index (κ2) is 3.69. The molecule has 0 N–H and O–H groups in total. The number of ether oxygens (including phenoxy) is 3. The van der Waals surface area contributed by atoms with Crippen molar-refractivity contribution in [3.05, 3.63) is 0 Å². The van der Waals surface area contributed by atoms with Crippen LogP contribution in [0.3, 0.4) is 0 Å². The first-order valence-corrected chi connectivity index (χ1v) is 3.62. The van der Waals surface area contributed by atoms with E-state index in [1.54, 1.807) is 0 Å². The Hall–Kier alpha value is -0.610. The number of carbonyl (C=O) groups is 1. The van der Waals surface area contributed by atoms with Crippen LogP contribution in [0.1, 0.15) is 13.3 Å². The molecule has 11 heavy (non-hydrogen) atoms. The topological polar surface area (TPSA) is 44.8 Å². The van der Waals surface area contributed by atoms with E-state index in [1.807, 2.05) is 6.92 Å². The summed E-state index contributed by atoms with van der Waals surface area (Å²) < 4.78 is 14.8. The van der Waals surface area contributed by atoms with Crippen molar-refractivity contribution in [2.24, 2.45) is 0 Å². The number of rotatable bonds is 2. The van der Waals surface area contributed by atoms with E-state index in [0.717, 1.165) is 6.42 Å². The van der Waals surface area contributed by atoms with E-state index in [2.05, 4.69) is 4.74 Å². The number of carbonyl (C=O) groups excluding carboxylic acids is 1. The molecule has 0 saturated carbocycles. The molecule has 0 aromatic carbocycles. The van der Waals surface area contributed by atoms with Crippen molar-refractivity contribution in [2.75, 3.05) is 13.7 Å². The lowest BCUT2D eigenvalue weighted by Gasteiger charge is -2.06. The van der Waals surface area contributed by atoms with Crippen LogP contribution >= 0.6 is 0 Å². The molecular formula is C7H12O4. The van der Waals surface area contributed by atoms with Crippen LogP contribution in [0.4, 0.5) is 0 Å². The molecule has 1 saturated heterocycles. The van der Waals surface area contributed by atoms with Crippen LogP contribution < -0.4 is 0 Å². The summed E-state index contributed by atoms with van der Waals surface area (Å²) in [7, 11) is 1.34. The Morgan fingerprint density at radius 1 is 1.73 bits per heavy atom. The molecule has 1 heterocycles. The summed E-state index contributed by atoms with van der Waals surface area (Å²) >= 11 is 0. The second-order valence-corrected chi connectivity index (χ2v) is 2.32. The molecule has 0 aromatic rings. The lowest BCUT2D eigenvalue weighted by atomic mass is 10.4. The summed E-state index contributed by atoms with van der Waals surface area (Å²) in [5, 5.41) is 0. The van der Waals surface area contributed by atoms with Crippen LogP contribution in [0, 0.1) is 0 Å². The van der Waals surface area contributed by atoms with Crippen molar-refractivity contribution in [3.63, 3.8) is 0 Å². The maximum absolute atomic E-state index is 10.8. The van der Waals surface area contributed by atoms with E-state index in [4.69, 9.17) is 9.47 Å². The molecular weight excluding hydrogens is 148 g/mol.